The third kappa shape index (κ3) is 9.07. The van der Waals surface area contributed by atoms with Crippen molar-refractivity contribution in [1.82, 2.24) is 10.6 Å². The van der Waals surface area contributed by atoms with E-state index in [2.05, 4.69) is 15.6 Å². The van der Waals surface area contributed by atoms with Crippen LogP contribution in [0.15, 0.2) is 4.99 Å². The highest BCUT2D eigenvalue weighted by Crippen LogP contribution is 2.14. The van der Waals surface area contributed by atoms with Gasteiger partial charge in [0.05, 0.1) is 18.8 Å². The number of nitrogens with zero attached hydrogens (tertiary/aromatic N) is 1. The number of aliphatic imine (C=N–C) groups is 1. The summed E-state index contributed by atoms with van der Waals surface area (Å²) in [6.45, 7) is 5.08. The molecule has 23 heavy (non-hydrogen) atoms. The maximum absolute atomic E-state index is 5.64. The largest absolute Gasteiger partial charge is 0.379 e. The van der Waals surface area contributed by atoms with E-state index in [0.29, 0.717) is 12.2 Å². The Hall–Kier alpha value is -0.120. The van der Waals surface area contributed by atoms with Crippen LogP contribution in [0.1, 0.15) is 38.5 Å². The van der Waals surface area contributed by atoms with E-state index in [4.69, 9.17) is 14.2 Å². The number of hydrogen-bond acceptors (Lipinski definition) is 4. The summed E-state index contributed by atoms with van der Waals surface area (Å²) in [5.41, 5.74) is 0. The van der Waals surface area contributed by atoms with Gasteiger partial charge in [-0.1, -0.05) is 0 Å². The Balaban J connectivity index is 0.00000264. The standard InChI is InChI=1S/C16H31N3O3.HI/c1-17-16(19-9-7-14-5-2-11-21-14)18-8-4-10-20-13-15-6-3-12-22-15;/h14-15H,2-13H2,1H3,(H2,17,18,19);1H. The van der Waals surface area contributed by atoms with E-state index >= 15 is 0 Å². The molecule has 0 saturated carbocycles. The van der Waals surface area contributed by atoms with E-state index < -0.39 is 0 Å². The molecule has 2 aliphatic heterocycles. The highest BCUT2D eigenvalue weighted by Gasteiger charge is 2.15. The van der Waals surface area contributed by atoms with Crippen molar-refractivity contribution in [1.29, 1.82) is 0 Å². The van der Waals surface area contributed by atoms with Gasteiger partial charge >= 0.3 is 0 Å². The van der Waals surface area contributed by atoms with Crippen LogP contribution in [0.2, 0.25) is 0 Å². The van der Waals surface area contributed by atoms with Crippen molar-refractivity contribution < 1.29 is 14.2 Å². The van der Waals surface area contributed by atoms with Crippen molar-refractivity contribution in [2.24, 2.45) is 4.99 Å². The fourth-order valence-electron chi connectivity index (χ4n) is 2.82. The summed E-state index contributed by atoms with van der Waals surface area (Å²) in [6, 6.07) is 0. The Morgan fingerprint density at radius 3 is 2.43 bits per heavy atom. The molecule has 2 heterocycles. The number of nitrogens with one attached hydrogen (secondary N) is 2. The first-order valence-corrected chi connectivity index (χ1v) is 8.64. The van der Waals surface area contributed by atoms with Crippen molar-refractivity contribution >= 4 is 29.9 Å². The van der Waals surface area contributed by atoms with Crippen molar-refractivity contribution in [2.45, 2.75) is 50.7 Å². The zero-order valence-electron chi connectivity index (χ0n) is 14.2. The highest BCUT2D eigenvalue weighted by atomic mass is 127. The zero-order valence-corrected chi connectivity index (χ0v) is 16.6. The second-order valence-electron chi connectivity index (χ2n) is 5.91. The fraction of sp³-hybridized carbons (Fsp3) is 0.938. The summed E-state index contributed by atoms with van der Waals surface area (Å²) in [6.07, 6.45) is 7.46. The summed E-state index contributed by atoms with van der Waals surface area (Å²) in [4.78, 5) is 4.23. The van der Waals surface area contributed by atoms with E-state index in [9.17, 15) is 0 Å². The molecular formula is C16H32IN3O3. The molecule has 2 aliphatic rings. The molecule has 7 heteroatoms. The normalized spacial score (nSPS) is 24.5. The lowest BCUT2D eigenvalue weighted by Gasteiger charge is -2.14. The third-order valence-electron chi connectivity index (χ3n) is 4.09. The lowest BCUT2D eigenvalue weighted by Crippen LogP contribution is -2.39. The van der Waals surface area contributed by atoms with E-state index in [1.807, 2.05) is 0 Å². The van der Waals surface area contributed by atoms with Gasteiger partial charge in [0, 0.05) is 40.0 Å². The molecular weight excluding hydrogens is 409 g/mol. The maximum Gasteiger partial charge on any atom is 0.190 e. The van der Waals surface area contributed by atoms with Gasteiger partial charge in [-0.2, -0.15) is 0 Å². The fourth-order valence-corrected chi connectivity index (χ4v) is 2.82. The van der Waals surface area contributed by atoms with Gasteiger partial charge in [-0.05, 0) is 38.5 Å². The predicted octanol–water partition coefficient (Wildman–Crippen LogP) is 1.92. The minimum Gasteiger partial charge on any atom is -0.379 e. The Morgan fingerprint density at radius 2 is 1.78 bits per heavy atom. The Bertz CT molecular complexity index is 320. The van der Waals surface area contributed by atoms with E-state index in [1.54, 1.807) is 7.05 Å². The van der Waals surface area contributed by atoms with Crippen LogP contribution in [-0.4, -0.2) is 64.7 Å². The molecule has 0 radical (unpaired) electrons. The molecule has 0 aromatic carbocycles. The molecule has 2 rings (SSSR count). The topological polar surface area (TPSA) is 64.1 Å². The van der Waals surface area contributed by atoms with E-state index in [1.165, 1.54) is 19.3 Å². The summed E-state index contributed by atoms with van der Waals surface area (Å²) in [5, 5.41) is 6.64. The minimum absolute atomic E-state index is 0. The van der Waals surface area contributed by atoms with Gasteiger partial charge in [0.1, 0.15) is 0 Å². The number of ether oxygens (including phenoxy) is 3. The minimum atomic E-state index is 0. The second kappa shape index (κ2) is 13.2. The monoisotopic (exact) mass is 441 g/mol. The molecule has 2 N–H and O–H groups in total. The van der Waals surface area contributed by atoms with Crippen molar-refractivity contribution in [2.75, 3.05) is 46.6 Å². The van der Waals surface area contributed by atoms with Gasteiger partial charge in [0.15, 0.2) is 5.96 Å². The van der Waals surface area contributed by atoms with Crippen LogP contribution in [-0.2, 0) is 14.2 Å². The molecule has 0 aromatic heterocycles. The van der Waals surface area contributed by atoms with E-state index in [0.717, 1.165) is 64.7 Å². The first-order chi connectivity index (χ1) is 10.9. The number of guanidine groups is 1. The Kier molecular flexibility index (Phi) is 12.0. The van der Waals surface area contributed by atoms with Crippen molar-refractivity contribution in [3.8, 4) is 0 Å². The second-order valence-corrected chi connectivity index (χ2v) is 5.91. The molecule has 6 nitrogen and oxygen atoms in total. The Morgan fingerprint density at radius 1 is 1.09 bits per heavy atom. The number of hydrogen-bond donors (Lipinski definition) is 2. The average Bonchev–Trinajstić information content (AvgIpc) is 3.22. The quantitative estimate of drug-likeness (QED) is 0.248. The molecule has 2 saturated heterocycles. The van der Waals surface area contributed by atoms with Gasteiger partial charge < -0.3 is 24.8 Å². The molecule has 0 spiro atoms. The first kappa shape index (κ1) is 20.9. The number of rotatable bonds is 9. The highest BCUT2D eigenvalue weighted by molar-refractivity contribution is 14.0. The summed E-state index contributed by atoms with van der Waals surface area (Å²) in [7, 11) is 1.80. The van der Waals surface area contributed by atoms with Crippen LogP contribution >= 0.6 is 24.0 Å². The molecule has 2 fully saturated rings. The van der Waals surface area contributed by atoms with Gasteiger partial charge in [-0.3, -0.25) is 4.99 Å². The van der Waals surface area contributed by atoms with Gasteiger partial charge in [-0.15, -0.1) is 24.0 Å². The molecule has 2 atom stereocenters. The van der Waals surface area contributed by atoms with Gasteiger partial charge in [0.25, 0.3) is 0 Å². The average molecular weight is 441 g/mol. The Labute approximate surface area is 157 Å². The number of halogens is 1. The smallest absolute Gasteiger partial charge is 0.190 e. The van der Waals surface area contributed by atoms with E-state index in [-0.39, 0.29) is 24.0 Å². The van der Waals surface area contributed by atoms with Crippen LogP contribution in [0.5, 0.6) is 0 Å². The predicted molar refractivity (Wildman–Crippen MR) is 103 cm³/mol. The molecule has 136 valence electrons. The molecule has 0 aliphatic carbocycles. The summed E-state index contributed by atoms with van der Waals surface area (Å²) >= 11 is 0. The molecule has 0 amide bonds. The maximum atomic E-state index is 5.64. The van der Waals surface area contributed by atoms with Crippen LogP contribution in [0.25, 0.3) is 0 Å². The molecule has 0 aromatic rings. The van der Waals surface area contributed by atoms with Crippen LogP contribution in [0.3, 0.4) is 0 Å². The molecule has 0 bridgehead atoms. The van der Waals surface area contributed by atoms with Gasteiger partial charge in [0.2, 0.25) is 0 Å². The van der Waals surface area contributed by atoms with Crippen LogP contribution in [0, 0.1) is 0 Å². The summed E-state index contributed by atoms with van der Waals surface area (Å²) < 4.78 is 16.8. The van der Waals surface area contributed by atoms with Gasteiger partial charge in [-0.25, -0.2) is 0 Å². The SMILES string of the molecule is CN=C(NCCCOCC1CCCO1)NCCC1CCCO1.I. The van der Waals surface area contributed by atoms with Crippen LogP contribution < -0.4 is 10.6 Å². The summed E-state index contributed by atoms with van der Waals surface area (Å²) in [5.74, 6) is 0.858. The zero-order chi connectivity index (χ0) is 15.5. The first-order valence-electron chi connectivity index (χ1n) is 8.64. The van der Waals surface area contributed by atoms with Crippen molar-refractivity contribution in [3.63, 3.8) is 0 Å². The van der Waals surface area contributed by atoms with Crippen LogP contribution in [0.4, 0.5) is 0 Å². The third-order valence-corrected chi connectivity index (χ3v) is 4.09. The lowest BCUT2D eigenvalue weighted by atomic mass is 10.2. The molecule has 2 unspecified atom stereocenters. The lowest BCUT2D eigenvalue weighted by molar-refractivity contribution is 0.0168. The van der Waals surface area contributed by atoms with Crippen molar-refractivity contribution in [3.05, 3.63) is 0 Å².